The summed E-state index contributed by atoms with van der Waals surface area (Å²) in [6.45, 7) is 1.43. The van der Waals surface area contributed by atoms with Crippen LogP contribution in [0.15, 0.2) is 54.6 Å². The Morgan fingerprint density at radius 1 is 1.00 bits per heavy atom. The number of carbonyl (C=O) groups is 2. The van der Waals surface area contributed by atoms with Crippen LogP contribution in [0, 0.1) is 0 Å². The topological polar surface area (TPSA) is 66.4 Å². The molecule has 4 heteroatoms. The second-order valence-corrected chi connectivity index (χ2v) is 4.48. The summed E-state index contributed by atoms with van der Waals surface area (Å²) in [5.41, 5.74) is 2.37. The standard InChI is InChI=1S/C16H15NO3/c1-11(16(19)20)17-15(18)14-9-5-8-13(10-14)12-6-3-2-4-7-12/h2-11H,1H3,(H,17,18)(H,19,20). The number of carboxylic acid groups (broad SMARTS) is 1. The maximum atomic E-state index is 12.0. The number of carbonyl (C=O) groups excluding carboxylic acids is 1. The zero-order valence-electron chi connectivity index (χ0n) is 11.0. The van der Waals surface area contributed by atoms with Crippen LogP contribution in [-0.2, 0) is 4.79 Å². The number of carboxylic acids is 1. The number of benzene rings is 2. The normalized spacial score (nSPS) is 11.7. The van der Waals surface area contributed by atoms with E-state index in [0.29, 0.717) is 5.56 Å². The first-order chi connectivity index (χ1) is 9.58. The Hall–Kier alpha value is -2.62. The molecule has 1 atom stereocenters. The highest BCUT2D eigenvalue weighted by Crippen LogP contribution is 2.19. The quantitative estimate of drug-likeness (QED) is 0.896. The van der Waals surface area contributed by atoms with Crippen LogP contribution in [0.2, 0.25) is 0 Å². The summed E-state index contributed by atoms with van der Waals surface area (Å²) in [5, 5.41) is 11.2. The van der Waals surface area contributed by atoms with E-state index in [2.05, 4.69) is 5.32 Å². The molecular weight excluding hydrogens is 254 g/mol. The van der Waals surface area contributed by atoms with E-state index >= 15 is 0 Å². The van der Waals surface area contributed by atoms with Gasteiger partial charge in [-0.2, -0.15) is 0 Å². The highest BCUT2D eigenvalue weighted by atomic mass is 16.4. The van der Waals surface area contributed by atoms with Crippen molar-refractivity contribution in [2.45, 2.75) is 13.0 Å². The molecule has 0 saturated heterocycles. The molecule has 0 saturated carbocycles. The third kappa shape index (κ3) is 3.23. The van der Waals surface area contributed by atoms with Gasteiger partial charge in [0, 0.05) is 5.56 Å². The second kappa shape index (κ2) is 6.02. The largest absolute Gasteiger partial charge is 0.480 e. The van der Waals surface area contributed by atoms with E-state index in [0.717, 1.165) is 11.1 Å². The van der Waals surface area contributed by atoms with E-state index < -0.39 is 17.9 Å². The van der Waals surface area contributed by atoms with Crippen LogP contribution >= 0.6 is 0 Å². The number of nitrogens with one attached hydrogen (secondary N) is 1. The summed E-state index contributed by atoms with van der Waals surface area (Å²) < 4.78 is 0. The minimum absolute atomic E-state index is 0.391. The molecule has 2 rings (SSSR count). The number of hydrogen-bond acceptors (Lipinski definition) is 2. The fraction of sp³-hybridized carbons (Fsp3) is 0.125. The van der Waals surface area contributed by atoms with Gasteiger partial charge in [-0.25, -0.2) is 0 Å². The van der Waals surface area contributed by atoms with Gasteiger partial charge in [-0.1, -0.05) is 42.5 Å². The van der Waals surface area contributed by atoms with E-state index in [-0.39, 0.29) is 0 Å². The van der Waals surface area contributed by atoms with Crippen molar-refractivity contribution in [2.24, 2.45) is 0 Å². The van der Waals surface area contributed by atoms with E-state index in [1.165, 1.54) is 6.92 Å². The van der Waals surface area contributed by atoms with Crippen molar-refractivity contribution in [3.63, 3.8) is 0 Å². The van der Waals surface area contributed by atoms with Gasteiger partial charge in [-0.15, -0.1) is 0 Å². The first kappa shape index (κ1) is 13.8. The van der Waals surface area contributed by atoms with Gasteiger partial charge in [0.15, 0.2) is 0 Å². The highest BCUT2D eigenvalue weighted by Gasteiger charge is 2.15. The first-order valence-corrected chi connectivity index (χ1v) is 6.27. The highest BCUT2D eigenvalue weighted by molar-refractivity contribution is 5.97. The Bertz CT molecular complexity index is 623. The smallest absolute Gasteiger partial charge is 0.325 e. The van der Waals surface area contributed by atoms with Crippen LogP contribution in [0.25, 0.3) is 11.1 Å². The monoisotopic (exact) mass is 269 g/mol. The van der Waals surface area contributed by atoms with Crippen molar-refractivity contribution in [3.8, 4) is 11.1 Å². The van der Waals surface area contributed by atoms with Crippen molar-refractivity contribution in [3.05, 3.63) is 60.2 Å². The van der Waals surface area contributed by atoms with Crippen LogP contribution in [-0.4, -0.2) is 23.0 Å². The van der Waals surface area contributed by atoms with Crippen molar-refractivity contribution < 1.29 is 14.7 Å². The summed E-state index contributed by atoms with van der Waals surface area (Å²) in [6, 6.07) is 15.9. The molecule has 1 amide bonds. The molecule has 0 fully saturated rings. The van der Waals surface area contributed by atoms with Crippen molar-refractivity contribution in [2.75, 3.05) is 0 Å². The molecule has 0 radical (unpaired) electrons. The number of rotatable bonds is 4. The van der Waals surface area contributed by atoms with Gasteiger partial charge in [-0.05, 0) is 30.2 Å². The van der Waals surface area contributed by atoms with Crippen LogP contribution < -0.4 is 5.32 Å². The Morgan fingerprint density at radius 3 is 2.30 bits per heavy atom. The molecule has 20 heavy (non-hydrogen) atoms. The summed E-state index contributed by atoms with van der Waals surface area (Å²) in [7, 11) is 0. The van der Waals surface area contributed by atoms with Gasteiger partial charge >= 0.3 is 5.97 Å². The van der Waals surface area contributed by atoms with Gasteiger partial charge in [0.25, 0.3) is 5.91 Å². The van der Waals surface area contributed by atoms with E-state index in [1.807, 2.05) is 36.4 Å². The summed E-state index contributed by atoms with van der Waals surface area (Å²) in [5.74, 6) is -1.45. The maximum absolute atomic E-state index is 12.0. The molecule has 2 N–H and O–H groups in total. The molecule has 0 heterocycles. The molecule has 102 valence electrons. The third-order valence-electron chi connectivity index (χ3n) is 2.95. The Kier molecular flexibility index (Phi) is 4.15. The fourth-order valence-electron chi connectivity index (χ4n) is 1.81. The predicted octanol–water partition coefficient (Wildman–Crippen LogP) is 2.56. The van der Waals surface area contributed by atoms with Gasteiger partial charge in [0.05, 0.1) is 0 Å². The minimum Gasteiger partial charge on any atom is -0.480 e. The molecule has 0 bridgehead atoms. The number of amides is 1. The van der Waals surface area contributed by atoms with Crippen LogP contribution in [0.5, 0.6) is 0 Å². The summed E-state index contributed by atoms with van der Waals surface area (Å²) >= 11 is 0. The molecule has 4 nitrogen and oxygen atoms in total. The molecule has 1 unspecified atom stereocenters. The average molecular weight is 269 g/mol. The van der Waals surface area contributed by atoms with Crippen LogP contribution in [0.3, 0.4) is 0 Å². The molecule has 0 spiro atoms. The van der Waals surface area contributed by atoms with E-state index in [9.17, 15) is 9.59 Å². The first-order valence-electron chi connectivity index (χ1n) is 6.27. The molecule has 2 aromatic carbocycles. The third-order valence-corrected chi connectivity index (χ3v) is 2.95. The zero-order valence-corrected chi connectivity index (χ0v) is 11.0. The lowest BCUT2D eigenvalue weighted by Crippen LogP contribution is -2.38. The SMILES string of the molecule is CC(NC(=O)c1cccc(-c2ccccc2)c1)C(=O)O. The van der Waals surface area contributed by atoms with Crippen molar-refractivity contribution >= 4 is 11.9 Å². The number of hydrogen-bond donors (Lipinski definition) is 2. The molecule has 0 aliphatic heterocycles. The van der Waals surface area contributed by atoms with Gasteiger partial charge in [0.2, 0.25) is 0 Å². The lowest BCUT2D eigenvalue weighted by atomic mass is 10.0. The second-order valence-electron chi connectivity index (χ2n) is 4.48. The molecule has 0 aromatic heterocycles. The Balaban J connectivity index is 2.22. The van der Waals surface area contributed by atoms with Crippen LogP contribution in [0.4, 0.5) is 0 Å². The summed E-state index contributed by atoms with van der Waals surface area (Å²) in [4.78, 5) is 22.7. The van der Waals surface area contributed by atoms with Gasteiger partial charge in [-0.3, -0.25) is 9.59 Å². The Morgan fingerprint density at radius 2 is 1.65 bits per heavy atom. The molecule has 0 aliphatic rings. The fourth-order valence-corrected chi connectivity index (χ4v) is 1.81. The lowest BCUT2D eigenvalue weighted by Gasteiger charge is -2.10. The molecular formula is C16H15NO3. The van der Waals surface area contributed by atoms with E-state index in [1.54, 1.807) is 18.2 Å². The minimum atomic E-state index is -1.06. The zero-order chi connectivity index (χ0) is 14.5. The van der Waals surface area contributed by atoms with Gasteiger partial charge in [0.1, 0.15) is 6.04 Å². The average Bonchev–Trinajstić information content (AvgIpc) is 2.48. The number of aliphatic carboxylic acids is 1. The van der Waals surface area contributed by atoms with E-state index in [4.69, 9.17) is 5.11 Å². The molecule has 0 aliphatic carbocycles. The Labute approximate surface area is 117 Å². The van der Waals surface area contributed by atoms with Crippen molar-refractivity contribution in [1.29, 1.82) is 0 Å². The van der Waals surface area contributed by atoms with Gasteiger partial charge < -0.3 is 10.4 Å². The maximum Gasteiger partial charge on any atom is 0.325 e. The predicted molar refractivity (Wildman–Crippen MR) is 76.4 cm³/mol. The van der Waals surface area contributed by atoms with Crippen LogP contribution in [0.1, 0.15) is 17.3 Å². The lowest BCUT2D eigenvalue weighted by molar-refractivity contribution is -0.138. The summed E-state index contributed by atoms with van der Waals surface area (Å²) in [6.07, 6.45) is 0. The molecule has 2 aromatic rings. The van der Waals surface area contributed by atoms with Crippen molar-refractivity contribution in [1.82, 2.24) is 5.32 Å².